The minimum absolute atomic E-state index is 0. The van der Waals surface area contributed by atoms with Gasteiger partial charge in [0.2, 0.25) is 0 Å². The molecule has 2 aromatic carbocycles. The van der Waals surface area contributed by atoms with Gasteiger partial charge in [0.15, 0.2) is 18.3 Å². The number of alkyl halides is 3. The molecule has 0 spiro atoms. The van der Waals surface area contributed by atoms with Crippen molar-refractivity contribution < 1.29 is 34.7 Å². The fourth-order valence-corrected chi connectivity index (χ4v) is 4.92. The second kappa shape index (κ2) is 9.82. The fourth-order valence-electron chi connectivity index (χ4n) is 4.92. The van der Waals surface area contributed by atoms with Crippen molar-refractivity contribution in [3.63, 3.8) is 0 Å². The zero-order valence-electron chi connectivity index (χ0n) is 18.6. The Morgan fingerprint density at radius 2 is 1.59 bits per heavy atom. The van der Waals surface area contributed by atoms with Crippen LogP contribution < -0.4 is 17.0 Å². The lowest BCUT2D eigenvalue weighted by atomic mass is 9.76. The summed E-state index contributed by atoms with van der Waals surface area (Å²) in [6, 6.07) is 16.3. The van der Waals surface area contributed by atoms with Gasteiger partial charge in [-0.15, -0.1) is 0 Å². The molecule has 1 atom stereocenters. The van der Waals surface area contributed by atoms with E-state index in [-0.39, 0.29) is 28.4 Å². The molecule has 0 amide bonds. The van der Waals surface area contributed by atoms with E-state index in [9.17, 15) is 13.2 Å². The molecule has 172 valence electrons. The van der Waals surface area contributed by atoms with Crippen LogP contribution in [0.25, 0.3) is 0 Å². The number of halogens is 4. The van der Waals surface area contributed by atoms with Gasteiger partial charge in [-0.3, -0.25) is 0 Å². The van der Waals surface area contributed by atoms with Crippen LogP contribution in [-0.2, 0) is 19.1 Å². The first kappa shape index (κ1) is 24.6. The number of allylic oxidation sites excluding steroid dienone is 1. The summed E-state index contributed by atoms with van der Waals surface area (Å²) in [4.78, 5) is 2.37. The Morgan fingerprint density at radius 1 is 0.969 bits per heavy atom. The first-order valence-electron chi connectivity index (χ1n) is 11.0. The highest BCUT2D eigenvalue weighted by molar-refractivity contribution is 5.69. The van der Waals surface area contributed by atoms with Gasteiger partial charge >= 0.3 is 6.18 Å². The summed E-state index contributed by atoms with van der Waals surface area (Å²) in [5.74, 6) is -0.0391. The summed E-state index contributed by atoms with van der Waals surface area (Å²) in [6.45, 7) is 7.01. The fraction of sp³-hybridized carbons (Fsp3) is 0.423. The molecule has 2 aliphatic heterocycles. The quantitative estimate of drug-likeness (QED) is 0.565. The maximum absolute atomic E-state index is 13.7. The van der Waals surface area contributed by atoms with Crippen molar-refractivity contribution in [3.05, 3.63) is 83.1 Å². The molecule has 2 heterocycles. The van der Waals surface area contributed by atoms with Crippen LogP contribution in [-0.4, -0.2) is 34.3 Å². The molecular formula is C26H30BrF3N2. The monoisotopic (exact) mass is 506 g/mol. The van der Waals surface area contributed by atoms with Gasteiger partial charge in [-0.25, -0.2) is 4.58 Å². The van der Waals surface area contributed by atoms with Gasteiger partial charge in [0.1, 0.15) is 0 Å². The average molecular weight is 507 g/mol. The van der Waals surface area contributed by atoms with Crippen LogP contribution in [0.3, 0.4) is 0 Å². The second-order valence-electron chi connectivity index (χ2n) is 9.11. The molecule has 6 heteroatoms. The largest absolute Gasteiger partial charge is 1.00 e. The zero-order chi connectivity index (χ0) is 22.1. The van der Waals surface area contributed by atoms with Crippen molar-refractivity contribution >= 4 is 6.21 Å². The molecule has 0 aromatic heterocycles. The highest BCUT2D eigenvalue weighted by atomic mass is 79.9. The van der Waals surface area contributed by atoms with Gasteiger partial charge in [-0.2, -0.15) is 13.2 Å². The van der Waals surface area contributed by atoms with Crippen LogP contribution in [0.5, 0.6) is 0 Å². The molecule has 0 N–H and O–H groups in total. The van der Waals surface area contributed by atoms with Crippen molar-refractivity contribution in [2.45, 2.75) is 51.4 Å². The van der Waals surface area contributed by atoms with Crippen LogP contribution in [0.4, 0.5) is 13.2 Å². The Balaban J connectivity index is 0.00000289. The summed E-state index contributed by atoms with van der Waals surface area (Å²) < 4.78 is 43.4. The SMILES string of the molecule is CC1(C)C(Cc2ccccc2C(F)(F)F)C(N2CCCC2)=CC=[N+]1Cc1ccccc1.[Br-]. The van der Waals surface area contributed by atoms with Gasteiger partial charge in [-0.1, -0.05) is 48.5 Å². The molecule has 2 nitrogen and oxygen atoms in total. The molecule has 32 heavy (non-hydrogen) atoms. The smallest absolute Gasteiger partial charge is 0.416 e. The standard InChI is InChI=1S/C26H30F3N2.BrH/c1-25(2)23(18-21-12-6-7-13-22(21)26(27,28)29)24(30-15-8-9-16-30)14-17-31(25)19-20-10-4-3-5-11-20;/h3-7,10-14,17,23H,8-9,15-16,18-19H2,1-2H3;1H/q+1;/p-1. The van der Waals surface area contributed by atoms with E-state index in [1.165, 1.54) is 23.4 Å². The summed E-state index contributed by atoms with van der Waals surface area (Å²) in [5, 5.41) is 0. The predicted molar refractivity (Wildman–Crippen MR) is 118 cm³/mol. The number of nitrogens with zero attached hydrogens (tertiary/aromatic N) is 2. The lowest BCUT2D eigenvalue weighted by Crippen LogP contribution is -3.00. The highest BCUT2D eigenvalue weighted by Crippen LogP contribution is 2.40. The van der Waals surface area contributed by atoms with Crippen molar-refractivity contribution in [1.82, 2.24) is 4.90 Å². The molecule has 2 aromatic rings. The normalized spacial score (nSPS) is 20.4. The number of rotatable bonds is 5. The second-order valence-corrected chi connectivity index (χ2v) is 9.11. The van der Waals surface area contributed by atoms with Crippen molar-refractivity contribution in [3.8, 4) is 0 Å². The van der Waals surface area contributed by atoms with Crippen molar-refractivity contribution in [2.24, 2.45) is 5.92 Å². The third kappa shape index (κ3) is 5.11. The van der Waals surface area contributed by atoms with E-state index < -0.39 is 11.7 Å². The van der Waals surface area contributed by atoms with Crippen LogP contribution in [0, 0.1) is 5.92 Å². The topological polar surface area (TPSA) is 6.25 Å². The predicted octanol–water partition coefficient (Wildman–Crippen LogP) is 2.92. The molecule has 1 saturated heterocycles. The summed E-state index contributed by atoms with van der Waals surface area (Å²) in [6.07, 6.45) is 2.56. The molecule has 0 radical (unpaired) electrons. The Hall–Kier alpha value is -2.08. The van der Waals surface area contributed by atoms with Crippen LogP contribution in [0.2, 0.25) is 0 Å². The van der Waals surface area contributed by atoms with E-state index >= 15 is 0 Å². The molecular weight excluding hydrogens is 477 g/mol. The minimum Gasteiger partial charge on any atom is -1.00 e. The van der Waals surface area contributed by atoms with Gasteiger partial charge in [-0.05, 0) is 30.9 Å². The molecule has 0 bridgehead atoms. The van der Waals surface area contributed by atoms with Crippen LogP contribution >= 0.6 is 0 Å². The van der Waals surface area contributed by atoms with Crippen molar-refractivity contribution in [1.29, 1.82) is 0 Å². The minimum atomic E-state index is -4.34. The molecule has 4 rings (SSSR count). The average Bonchev–Trinajstić information content (AvgIpc) is 3.26. The van der Waals surface area contributed by atoms with E-state index in [1.54, 1.807) is 12.1 Å². The van der Waals surface area contributed by atoms with Gasteiger partial charge in [0, 0.05) is 44.3 Å². The maximum Gasteiger partial charge on any atom is 0.416 e. The van der Waals surface area contributed by atoms with E-state index in [4.69, 9.17) is 0 Å². The Bertz CT molecular complexity index is 974. The Kier molecular flexibility index (Phi) is 7.53. The number of likely N-dealkylation sites (tertiary alicyclic amines) is 1. The summed E-state index contributed by atoms with van der Waals surface area (Å²) in [7, 11) is 0. The Labute approximate surface area is 199 Å². The lowest BCUT2D eigenvalue weighted by molar-refractivity contribution is -0.621. The highest BCUT2D eigenvalue weighted by Gasteiger charge is 2.46. The molecule has 2 aliphatic rings. The Morgan fingerprint density at radius 3 is 2.25 bits per heavy atom. The molecule has 0 aliphatic carbocycles. The summed E-state index contributed by atoms with van der Waals surface area (Å²) >= 11 is 0. The number of benzene rings is 2. The number of hydrogen-bond donors (Lipinski definition) is 0. The van der Waals surface area contributed by atoms with Gasteiger partial charge in [0.25, 0.3) is 0 Å². The molecule has 1 fully saturated rings. The maximum atomic E-state index is 13.7. The third-order valence-corrected chi connectivity index (χ3v) is 6.79. The lowest BCUT2D eigenvalue weighted by Gasteiger charge is -2.39. The number of hydrogen-bond acceptors (Lipinski definition) is 1. The van der Waals surface area contributed by atoms with E-state index in [0.29, 0.717) is 12.0 Å². The molecule has 1 unspecified atom stereocenters. The van der Waals surface area contributed by atoms with Gasteiger partial charge < -0.3 is 21.9 Å². The van der Waals surface area contributed by atoms with E-state index in [0.717, 1.165) is 32.5 Å². The third-order valence-electron chi connectivity index (χ3n) is 6.79. The first-order valence-corrected chi connectivity index (χ1v) is 11.0. The van der Waals surface area contributed by atoms with Crippen LogP contribution in [0.1, 0.15) is 43.4 Å². The van der Waals surface area contributed by atoms with Crippen LogP contribution in [0.15, 0.2) is 66.4 Å². The van der Waals surface area contributed by atoms with Crippen molar-refractivity contribution in [2.75, 3.05) is 13.1 Å². The molecule has 0 saturated carbocycles. The summed E-state index contributed by atoms with van der Waals surface area (Å²) in [5.41, 5.74) is 1.89. The first-order chi connectivity index (χ1) is 14.8. The zero-order valence-corrected chi connectivity index (χ0v) is 20.2. The van der Waals surface area contributed by atoms with E-state index in [1.807, 2.05) is 18.2 Å². The van der Waals surface area contributed by atoms with E-state index in [2.05, 4.69) is 47.7 Å². The van der Waals surface area contributed by atoms with Gasteiger partial charge in [0.05, 0.1) is 11.5 Å².